The van der Waals surface area contributed by atoms with Crippen LogP contribution in [0.15, 0.2) is 51.0 Å². The third kappa shape index (κ3) is 3.87. The van der Waals surface area contributed by atoms with Gasteiger partial charge in [0.25, 0.3) is 5.56 Å². The first-order valence-electron chi connectivity index (χ1n) is 9.85. The van der Waals surface area contributed by atoms with Gasteiger partial charge in [0.1, 0.15) is 10.6 Å². The number of aryl methyl sites for hydroxylation is 2. The smallest absolute Gasteiger partial charge is 0.263 e. The first-order chi connectivity index (χ1) is 15.5. The molecule has 1 aromatic carbocycles. The van der Waals surface area contributed by atoms with E-state index in [0.29, 0.717) is 38.3 Å². The summed E-state index contributed by atoms with van der Waals surface area (Å²) in [6.07, 6.45) is 1.57. The molecule has 32 heavy (non-hydrogen) atoms. The van der Waals surface area contributed by atoms with Gasteiger partial charge in [-0.25, -0.2) is 4.98 Å². The molecule has 0 atom stereocenters. The highest BCUT2D eigenvalue weighted by atomic mass is 32.2. The number of fused-ring (bicyclic) bond motifs is 2. The number of furan rings is 1. The van der Waals surface area contributed by atoms with E-state index in [1.54, 1.807) is 35.1 Å². The van der Waals surface area contributed by atoms with Crippen molar-refractivity contribution >= 4 is 44.9 Å². The number of thioether (sulfide) groups is 1. The van der Waals surface area contributed by atoms with Gasteiger partial charge in [-0.05, 0) is 43.7 Å². The number of aromatic nitrogens is 2. The van der Waals surface area contributed by atoms with Crippen LogP contribution in [0.5, 0.6) is 11.5 Å². The van der Waals surface area contributed by atoms with Gasteiger partial charge < -0.3 is 19.2 Å². The van der Waals surface area contributed by atoms with Gasteiger partial charge in [-0.1, -0.05) is 11.8 Å². The van der Waals surface area contributed by atoms with Gasteiger partial charge in [-0.3, -0.25) is 14.2 Å². The highest BCUT2D eigenvalue weighted by Gasteiger charge is 2.19. The van der Waals surface area contributed by atoms with Gasteiger partial charge >= 0.3 is 0 Å². The predicted molar refractivity (Wildman–Crippen MR) is 123 cm³/mol. The van der Waals surface area contributed by atoms with Crippen LogP contribution in [0, 0.1) is 13.8 Å². The molecule has 0 bridgehead atoms. The molecule has 1 N–H and O–H groups in total. The Labute approximate surface area is 191 Å². The summed E-state index contributed by atoms with van der Waals surface area (Å²) in [4.78, 5) is 32.3. The highest BCUT2D eigenvalue weighted by molar-refractivity contribution is 7.99. The molecule has 1 aliphatic heterocycles. The van der Waals surface area contributed by atoms with Crippen molar-refractivity contribution in [1.29, 1.82) is 0 Å². The number of ether oxygens (including phenoxy) is 2. The SMILES string of the molecule is Cc1sc2nc(SCC(=O)Nc3ccc4c(c3)OCO4)n(Cc3ccco3)c(=O)c2c1C. The largest absolute Gasteiger partial charge is 0.467 e. The molecule has 8 nitrogen and oxygen atoms in total. The molecule has 5 rings (SSSR count). The molecule has 4 aromatic rings. The van der Waals surface area contributed by atoms with Crippen molar-refractivity contribution in [1.82, 2.24) is 9.55 Å². The Hall–Kier alpha value is -3.24. The summed E-state index contributed by atoms with van der Waals surface area (Å²) < 4.78 is 17.6. The minimum atomic E-state index is -0.216. The van der Waals surface area contributed by atoms with Gasteiger partial charge in [-0.2, -0.15) is 0 Å². The maximum atomic E-state index is 13.3. The average molecular weight is 470 g/mol. The molecule has 0 fully saturated rings. The van der Waals surface area contributed by atoms with Gasteiger partial charge in [0.2, 0.25) is 12.7 Å². The lowest BCUT2D eigenvalue weighted by Gasteiger charge is -2.11. The summed E-state index contributed by atoms with van der Waals surface area (Å²) in [5.41, 5.74) is 1.42. The average Bonchev–Trinajstić information content (AvgIpc) is 3.50. The number of nitrogens with one attached hydrogen (secondary N) is 1. The number of hydrogen-bond donors (Lipinski definition) is 1. The lowest BCUT2D eigenvalue weighted by molar-refractivity contribution is -0.113. The van der Waals surface area contributed by atoms with Crippen molar-refractivity contribution in [3.63, 3.8) is 0 Å². The number of thiophene rings is 1. The van der Waals surface area contributed by atoms with E-state index in [1.807, 2.05) is 19.9 Å². The van der Waals surface area contributed by atoms with Crippen molar-refractivity contribution < 1.29 is 18.7 Å². The van der Waals surface area contributed by atoms with Crippen molar-refractivity contribution in [2.45, 2.75) is 25.5 Å². The number of hydrogen-bond acceptors (Lipinski definition) is 8. The van der Waals surface area contributed by atoms with Gasteiger partial charge in [-0.15, -0.1) is 11.3 Å². The van der Waals surface area contributed by atoms with Crippen molar-refractivity contribution in [3.05, 3.63) is 63.1 Å². The van der Waals surface area contributed by atoms with E-state index in [1.165, 1.54) is 23.1 Å². The predicted octanol–water partition coefficient (Wildman–Crippen LogP) is 4.18. The molecule has 0 radical (unpaired) electrons. The van der Waals surface area contributed by atoms with E-state index < -0.39 is 0 Å². The van der Waals surface area contributed by atoms with E-state index >= 15 is 0 Å². The fourth-order valence-electron chi connectivity index (χ4n) is 3.42. The molecule has 0 saturated heterocycles. The second-order valence-electron chi connectivity index (χ2n) is 7.23. The second kappa shape index (κ2) is 8.36. The quantitative estimate of drug-likeness (QED) is 0.334. The van der Waals surface area contributed by atoms with Crippen molar-refractivity contribution in [2.24, 2.45) is 0 Å². The van der Waals surface area contributed by atoms with Crippen LogP contribution in [0.25, 0.3) is 10.2 Å². The van der Waals surface area contributed by atoms with Crippen molar-refractivity contribution in [3.8, 4) is 11.5 Å². The number of anilines is 1. The maximum absolute atomic E-state index is 13.3. The molecule has 3 aromatic heterocycles. The van der Waals surface area contributed by atoms with E-state index in [2.05, 4.69) is 5.32 Å². The number of benzene rings is 1. The molecule has 0 saturated carbocycles. The van der Waals surface area contributed by atoms with Gasteiger partial charge in [0.05, 0.1) is 23.9 Å². The number of carbonyl (C=O) groups is 1. The van der Waals surface area contributed by atoms with Gasteiger partial charge in [0, 0.05) is 16.6 Å². The van der Waals surface area contributed by atoms with Gasteiger partial charge in [0.15, 0.2) is 16.7 Å². The molecule has 0 unspecified atom stereocenters. The molecule has 1 amide bonds. The Kier molecular flexibility index (Phi) is 5.40. The number of rotatable bonds is 6. The first kappa shape index (κ1) is 20.7. The molecule has 164 valence electrons. The van der Waals surface area contributed by atoms with E-state index in [0.717, 1.165) is 10.4 Å². The van der Waals surface area contributed by atoms with Crippen molar-refractivity contribution in [2.75, 3.05) is 17.9 Å². The second-order valence-corrected chi connectivity index (χ2v) is 9.38. The molecule has 4 heterocycles. The van der Waals surface area contributed by atoms with E-state index in [4.69, 9.17) is 18.9 Å². The number of amides is 1. The third-order valence-corrected chi connectivity index (χ3v) is 7.21. The standard InChI is InChI=1S/C22H19N3O5S2/c1-12-13(2)32-20-19(12)21(27)25(9-15-4-3-7-28-15)22(24-20)31-10-18(26)23-14-5-6-16-17(8-14)30-11-29-16/h3-8H,9-11H2,1-2H3,(H,23,26). The highest BCUT2D eigenvalue weighted by Crippen LogP contribution is 2.34. The van der Waals surface area contributed by atoms with Crippen LogP contribution < -0.4 is 20.3 Å². The summed E-state index contributed by atoms with van der Waals surface area (Å²) in [7, 11) is 0. The fraction of sp³-hybridized carbons (Fsp3) is 0.227. The lowest BCUT2D eigenvalue weighted by atomic mass is 10.2. The first-order valence-corrected chi connectivity index (χ1v) is 11.6. The lowest BCUT2D eigenvalue weighted by Crippen LogP contribution is -2.24. The third-order valence-electron chi connectivity index (χ3n) is 5.14. The summed E-state index contributed by atoms with van der Waals surface area (Å²) in [6.45, 7) is 4.32. The Morgan fingerprint density at radius 2 is 2.09 bits per heavy atom. The van der Waals surface area contributed by atoms with Crippen LogP contribution in [0.3, 0.4) is 0 Å². The Morgan fingerprint density at radius 1 is 1.25 bits per heavy atom. The zero-order chi connectivity index (χ0) is 22.2. The maximum Gasteiger partial charge on any atom is 0.263 e. The minimum absolute atomic E-state index is 0.0912. The monoisotopic (exact) mass is 469 g/mol. The molecular weight excluding hydrogens is 450 g/mol. The summed E-state index contributed by atoms with van der Waals surface area (Å²) in [5.74, 6) is 1.76. The van der Waals surface area contributed by atoms with Crippen LogP contribution in [0.1, 0.15) is 16.2 Å². The normalized spacial score (nSPS) is 12.4. The van der Waals surface area contributed by atoms with E-state index in [9.17, 15) is 9.59 Å². The molecule has 0 aliphatic carbocycles. The zero-order valence-corrected chi connectivity index (χ0v) is 19.0. The summed E-state index contributed by atoms with van der Waals surface area (Å²) in [6, 6.07) is 8.81. The molecule has 1 aliphatic rings. The number of carbonyl (C=O) groups excluding carboxylic acids is 1. The van der Waals surface area contributed by atoms with Crippen LogP contribution >= 0.6 is 23.1 Å². The molecule has 10 heteroatoms. The fourth-order valence-corrected chi connectivity index (χ4v) is 5.29. The Morgan fingerprint density at radius 3 is 2.91 bits per heavy atom. The van der Waals surface area contributed by atoms with Crippen LogP contribution in [-0.4, -0.2) is 28.0 Å². The topological polar surface area (TPSA) is 95.6 Å². The van der Waals surface area contributed by atoms with Crippen LogP contribution in [0.2, 0.25) is 0 Å². The van der Waals surface area contributed by atoms with Crippen LogP contribution in [-0.2, 0) is 11.3 Å². The Bertz CT molecular complexity index is 1370. The zero-order valence-electron chi connectivity index (χ0n) is 17.3. The molecule has 0 spiro atoms. The summed E-state index contributed by atoms with van der Waals surface area (Å²) >= 11 is 2.70. The van der Waals surface area contributed by atoms with Crippen LogP contribution in [0.4, 0.5) is 5.69 Å². The Balaban J connectivity index is 1.40. The minimum Gasteiger partial charge on any atom is -0.467 e. The van der Waals surface area contributed by atoms with E-state index in [-0.39, 0.29) is 30.6 Å². The molecular formula is C22H19N3O5S2. The number of nitrogens with zero attached hydrogens (tertiary/aromatic N) is 2. The summed E-state index contributed by atoms with van der Waals surface area (Å²) in [5, 5.41) is 3.94.